The standard InChI is InChI=1S/C21H21N3O5/c1-11-9-17(13-5-4-6-13)29-21(26)18(11)19(25)22-15-10-14(7-8-16(15)27-3)20-24-23-12(2)28-20/h7-10,13H,4-6H2,1-3H3,(H,22,25). The number of hydrogen-bond acceptors (Lipinski definition) is 7. The van der Waals surface area contributed by atoms with Crippen molar-refractivity contribution in [2.24, 2.45) is 0 Å². The first-order chi connectivity index (χ1) is 14.0. The molecule has 4 rings (SSSR count). The normalized spacial score (nSPS) is 13.8. The average Bonchev–Trinajstić information content (AvgIpc) is 3.06. The van der Waals surface area contributed by atoms with E-state index in [0.717, 1.165) is 19.3 Å². The maximum absolute atomic E-state index is 12.9. The molecule has 1 aliphatic carbocycles. The second kappa shape index (κ2) is 7.54. The summed E-state index contributed by atoms with van der Waals surface area (Å²) >= 11 is 0. The topological polar surface area (TPSA) is 107 Å². The van der Waals surface area contributed by atoms with Crippen molar-refractivity contribution in [3.05, 3.63) is 57.5 Å². The summed E-state index contributed by atoms with van der Waals surface area (Å²) < 4.78 is 16.2. The quantitative estimate of drug-likeness (QED) is 0.699. The molecule has 0 saturated heterocycles. The Labute approximate surface area is 166 Å². The lowest BCUT2D eigenvalue weighted by Crippen LogP contribution is -2.24. The maximum Gasteiger partial charge on any atom is 0.349 e. The molecular weight excluding hydrogens is 374 g/mol. The molecule has 1 N–H and O–H groups in total. The SMILES string of the molecule is COc1ccc(-c2nnc(C)o2)cc1NC(=O)c1c(C)cc(C2CCC2)oc1=O. The first-order valence-electron chi connectivity index (χ1n) is 9.40. The molecule has 150 valence electrons. The van der Waals surface area contributed by atoms with Gasteiger partial charge in [0.05, 0.1) is 12.8 Å². The van der Waals surface area contributed by atoms with Crippen LogP contribution in [-0.4, -0.2) is 23.2 Å². The summed E-state index contributed by atoms with van der Waals surface area (Å²) in [4.78, 5) is 25.4. The number of hydrogen-bond donors (Lipinski definition) is 1. The summed E-state index contributed by atoms with van der Waals surface area (Å²) in [5, 5.41) is 10.5. The van der Waals surface area contributed by atoms with Gasteiger partial charge in [0, 0.05) is 18.4 Å². The fourth-order valence-corrected chi connectivity index (χ4v) is 3.34. The number of aryl methyl sites for hydroxylation is 2. The Morgan fingerprint density at radius 2 is 1.97 bits per heavy atom. The van der Waals surface area contributed by atoms with Crippen LogP contribution in [0, 0.1) is 13.8 Å². The monoisotopic (exact) mass is 395 g/mol. The number of anilines is 1. The summed E-state index contributed by atoms with van der Waals surface area (Å²) in [6.45, 7) is 3.43. The lowest BCUT2D eigenvalue weighted by Gasteiger charge is -2.24. The lowest BCUT2D eigenvalue weighted by molar-refractivity contribution is 0.102. The lowest BCUT2D eigenvalue weighted by atomic mass is 9.83. The van der Waals surface area contributed by atoms with Gasteiger partial charge in [-0.05, 0) is 49.6 Å². The van der Waals surface area contributed by atoms with Crippen LogP contribution in [0.3, 0.4) is 0 Å². The van der Waals surface area contributed by atoms with E-state index in [-0.39, 0.29) is 11.5 Å². The molecule has 2 heterocycles. The zero-order chi connectivity index (χ0) is 20.5. The zero-order valence-corrected chi connectivity index (χ0v) is 16.4. The average molecular weight is 395 g/mol. The molecule has 1 amide bonds. The molecular formula is C21H21N3O5. The number of nitrogens with zero attached hydrogens (tertiary/aromatic N) is 2. The van der Waals surface area contributed by atoms with Gasteiger partial charge in [-0.25, -0.2) is 4.79 Å². The fourth-order valence-electron chi connectivity index (χ4n) is 3.34. The molecule has 1 saturated carbocycles. The van der Waals surface area contributed by atoms with Crippen LogP contribution in [0.2, 0.25) is 0 Å². The van der Waals surface area contributed by atoms with E-state index in [1.165, 1.54) is 7.11 Å². The van der Waals surface area contributed by atoms with Crippen LogP contribution in [0.15, 0.2) is 37.9 Å². The molecule has 8 nitrogen and oxygen atoms in total. The predicted molar refractivity (Wildman–Crippen MR) is 105 cm³/mol. The van der Waals surface area contributed by atoms with Crippen LogP contribution in [0.4, 0.5) is 5.69 Å². The van der Waals surface area contributed by atoms with E-state index in [1.807, 2.05) is 0 Å². The van der Waals surface area contributed by atoms with Crippen LogP contribution < -0.4 is 15.7 Å². The number of amides is 1. The Morgan fingerprint density at radius 3 is 2.55 bits per heavy atom. The number of ether oxygens (including phenoxy) is 1. The Balaban J connectivity index is 1.65. The van der Waals surface area contributed by atoms with E-state index in [9.17, 15) is 9.59 Å². The second-order valence-electron chi connectivity index (χ2n) is 7.12. The molecule has 0 spiro atoms. The van der Waals surface area contributed by atoms with E-state index >= 15 is 0 Å². The number of aromatic nitrogens is 2. The van der Waals surface area contributed by atoms with Gasteiger partial charge in [-0.2, -0.15) is 0 Å². The van der Waals surface area contributed by atoms with Crippen LogP contribution in [0.25, 0.3) is 11.5 Å². The Hall–Kier alpha value is -3.42. The summed E-state index contributed by atoms with van der Waals surface area (Å²) in [5.41, 5.74) is 0.933. The second-order valence-corrected chi connectivity index (χ2v) is 7.12. The predicted octanol–water partition coefficient (Wildman–Crippen LogP) is 3.84. The summed E-state index contributed by atoms with van der Waals surface area (Å²) in [5.74, 6) is 1.55. The highest BCUT2D eigenvalue weighted by Gasteiger charge is 2.25. The molecule has 0 unspecified atom stereocenters. The summed E-state index contributed by atoms with van der Waals surface area (Å²) in [6.07, 6.45) is 3.14. The maximum atomic E-state index is 12.9. The molecule has 29 heavy (non-hydrogen) atoms. The van der Waals surface area contributed by atoms with Crippen molar-refractivity contribution in [3.63, 3.8) is 0 Å². The van der Waals surface area contributed by atoms with Crippen molar-refractivity contribution in [3.8, 4) is 17.2 Å². The summed E-state index contributed by atoms with van der Waals surface area (Å²) in [7, 11) is 1.49. The molecule has 0 bridgehead atoms. The highest BCUT2D eigenvalue weighted by molar-refractivity contribution is 6.05. The van der Waals surface area contributed by atoms with Crippen molar-refractivity contribution in [1.82, 2.24) is 10.2 Å². The van der Waals surface area contributed by atoms with Gasteiger partial charge >= 0.3 is 5.63 Å². The van der Waals surface area contributed by atoms with Gasteiger partial charge in [0.25, 0.3) is 5.91 Å². The summed E-state index contributed by atoms with van der Waals surface area (Å²) in [6, 6.07) is 6.87. The molecule has 1 fully saturated rings. The van der Waals surface area contributed by atoms with E-state index < -0.39 is 11.5 Å². The van der Waals surface area contributed by atoms with Crippen molar-refractivity contribution in [2.75, 3.05) is 12.4 Å². The van der Waals surface area contributed by atoms with E-state index in [4.69, 9.17) is 13.6 Å². The van der Waals surface area contributed by atoms with Gasteiger partial charge in [0.15, 0.2) is 0 Å². The molecule has 0 aliphatic heterocycles. The molecule has 0 radical (unpaired) electrons. The van der Waals surface area contributed by atoms with Gasteiger partial charge in [0.2, 0.25) is 11.8 Å². The van der Waals surface area contributed by atoms with Crippen molar-refractivity contribution in [1.29, 1.82) is 0 Å². The Kier molecular flexibility index (Phi) is 4.92. The highest BCUT2D eigenvalue weighted by Crippen LogP contribution is 2.36. The number of nitrogens with one attached hydrogen (secondary N) is 1. The minimum Gasteiger partial charge on any atom is -0.495 e. The van der Waals surface area contributed by atoms with Gasteiger partial charge in [-0.3, -0.25) is 4.79 Å². The van der Waals surface area contributed by atoms with Crippen LogP contribution in [0.1, 0.15) is 52.8 Å². The molecule has 1 aliphatic rings. The zero-order valence-electron chi connectivity index (χ0n) is 16.4. The van der Waals surface area contributed by atoms with Crippen LogP contribution in [0.5, 0.6) is 5.75 Å². The fraction of sp³-hybridized carbons (Fsp3) is 0.333. The van der Waals surface area contributed by atoms with E-state index in [1.54, 1.807) is 38.1 Å². The molecule has 1 aromatic carbocycles. The van der Waals surface area contributed by atoms with Gasteiger partial charge in [-0.1, -0.05) is 6.42 Å². The van der Waals surface area contributed by atoms with E-state index in [0.29, 0.717) is 40.1 Å². The number of carbonyl (C=O) groups is 1. The Bertz CT molecular complexity index is 1130. The van der Waals surface area contributed by atoms with Crippen molar-refractivity contribution >= 4 is 11.6 Å². The smallest absolute Gasteiger partial charge is 0.349 e. The minimum absolute atomic E-state index is 0.0193. The third-order valence-electron chi connectivity index (χ3n) is 5.12. The number of carbonyl (C=O) groups excluding carboxylic acids is 1. The number of benzene rings is 1. The van der Waals surface area contributed by atoms with Gasteiger partial charge < -0.3 is 18.9 Å². The Morgan fingerprint density at radius 1 is 1.17 bits per heavy atom. The third kappa shape index (κ3) is 3.65. The molecule has 3 aromatic rings. The number of rotatable bonds is 5. The molecule has 2 aromatic heterocycles. The number of methoxy groups -OCH3 is 1. The van der Waals surface area contributed by atoms with Crippen molar-refractivity contribution in [2.45, 2.75) is 39.0 Å². The largest absolute Gasteiger partial charge is 0.495 e. The third-order valence-corrected chi connectivity index (χ3v) is 5.12. The van der Waals surface area contributed by atoms with Crippen LogP contribution in [-0.2, 0) is 0 Å². The molecule has 0 atom stereocenters. The van der Waals surface area contributed by atoms with Gasteiger partial charge in [0.1, 0.15) is 17.1 Å². The van der Waals surface area contributed by atoms with Gasteiger partial charge in [-0.15, -0.1) is 10.2 Å². The van der Waals surface area contributed by atoms with Crippen LogP contribution >= 0.6 is 0 Å². The minimum atomic E-state index is -0.632. The highest BCUT2D eigenvalue weighted by atomic mass is 16.5. The van der Waals surface area contributed by atoms with Crippen molar-refractivity contribution < 1.29 is 18.4 Å². The molecule has 8 heteroatoms. The first kappa shape index (κ1) is 18.9. The van der Waals surface area contributed by atoms with E-state index in [2.05, 4.69) is 15.5 Å². The first-order valence-corrected chi connectivity index (χ1v) is 9.40.